The molecule has 1 N–H and O–H groups in total. The van der Waals surface area contributed by atoms with Gasteiger partial charge in [0.25, 0.3) is 0 Å². The number of aromatic nitrogens is 3. The molecule has 0 aliphatic heterocycles. The molecule has 5 nitrogen and oxygen atoms in total. The van der Waals surface area contributed by atoms with Crippen molar-refractivity contribution in [2.75, 3.05) is 0 Å². The molecule has 1 aromatic carbocycles. The number of aryl methyl sites for hydroxylation is 6. The van der Waals surface area contributed by atoms with E-state index in [1.807, 2.05) is 33.0 Å². The number of hydrogen-bond acceptors (Lipinski definition) is 4. The number of nitrogens with one attached hydrogen (secondary N) is 1. The SMILES string of the molecule is Cc1ccnc(CCc2cccc([C@@H](Cc3cc(C)cc(-n4c(C)ccc4C)n3)N[S+]([O-])C(C)(C)C)c2)c1. The van der Waals surface area contributed by atoms with Crippen molar-refractivity contribution in [3.63, 3.8) is 0 Å². The highest BCUT2D eigenvalue weighted by molar-refractivity contribution is 7.90. The van der Waals surface area contributed by atoms with Gasteiger partial charge in [0.05, 0.1) is 6.04 Å². The molecule has 2 atom stereocenters. The van der Waals surface area contributed by atoms with Gasteiger partial charge in [-0.25, -0.2) is 4.98 Å². The molecule has 6 heteroatoms. The van der Waals surface area contributed by atoms with Crippen LogP contribution in [0.1, 0.15) is 71.8 Å². The quantitative estimate of drug-likeness (QED) is 0.248. The lowest BCUT2D eigenvalue weighted by atomic mass is 9.98. The van der Waals surface area contributed by atoms with E-state index >= 15 is 0 Å². The summed E-state index contributed by atoms with van der Waals surface area (Å²) >= 11 is -1.22. The molecule has 3 heterocycles. The Kier molecular flexibility index (Phi) is 8.76. The summed E-state index contributed by atoms with van der Waals surface area (Å²) in [5.74, 6) is 0.926. The van der Waals surface area contributed by atoms with Crippen LogP contribution in [0.25, 0.3) is 5.82 Å². The minimum atomic E-state index is -1.22. The maximum absolute atomic E-state index is 13.2. The van der Waals surface area contributed by atoms with Gasteiger partial charge in [0.2, 0.25) is 0 Å². The molecular formula is C32H40N4OS. The second-order valence-electron chi connectivity index (χ2n) is 11.3. The second-order valence-corrected chi connectivity index (χ2v) is 13.3. The van der Waals surface area contributed by atoms with Crippen molar-refractivity contribution in [1.29, 1.82) is 0 Å². The first-order chi connectivity index (χ1) is 18.0. The number of nitrogens with zero attached hydrogens (tertiary/aromatic N) is 3. The van der Waals surface area contributed by atoms with Crippen LogP contribution in [0.5, 0.6) is 0 Å². The van der Waals surface area contributed by atoms with Crippen LogP contribution in [0.3, 0.4) is 0 Å². The van der Waals surface area contributed by atoms with Crippen molar-refractivity contribution < 1.29 is 4.55 Å². The van der Waals surface area contributed by atoms with Crippen LogP contribution in [-0.2, 0) is 30.6 Å². The molecule has 0 radical (unpaired) electrons. The van der Waals surface area contributed by atoms with Crippen LogP contribution in [0, 0.1) is 27.7 Å². The Hall–Kier alpha value is -2.93. The van der Waals surface area contributed by atoms with Crippen molar-refractivity contribution in [1.82, 2.24) is 19.3 Å². The average molecular weight is 529 g/mol. The molecule has 0 fully saturated rings. The smallest absolute Gasteiger partial charge is 0.137 e. The van der Waals surface area contributed by atoms with Crippen LogP contribution in [-0.4, -0.2) is 23.8 Å². The van der Waals surface area contributed by atoms with Crippen molar-refractivity contribution in [3.8, 4) is 5.82 Å². The zero-order valence-corrected chi connectivity index (χ0v) is 24.5. The molecule has 200 valence electrons. The first-order valence-corrected chi connectivity index (χ1v) is 14.5. The molecule has 1 unspecified atom stereocenters. The van der Waals surface area contributed by atoms with Crippen molar-refractivity contribution in [2.45, 2.75) is 78.5 Å². The minimum Gasteiger partial charge on any atom is -0.598 e. The average Bonchev–Trinajstić information content (AvgIpc) is 3.19. The molecule has 0 aliphatic rings. The first-order valence-electron chi connectivity index (χ1n) is 13.3. The lowest BCUT2D eigenvalue weighted by molar-refractivity contribution is 0.520. The fourth-order valence-corrected chi connectivity index (χ4v) is 5.52. The van der Waals surface area contributed by atoms with Gasteiger partial charge in [-0.2, -0.15) is 0 Å². The largest absolute Gasteiger partial charge is 0.598 e. The van der Waals surface area contributed by atoms with Crippen LogP contribution in [0.15, 0.2) is 66.9 Å². The summed E-state index contributed by atoms with van der Waals surface area (Å²) < 4.78 is 18.5. The Balaban J connectivity index is 1.63. The van der Waals surface area contributed by atoms with Crippen molar-refractivity contribution >= 4 is 11.4 Å². The minimum absolute atomic E-state index is 0.138. The molecule has 0 saturated heterocycles. The van der Waals surface area contributed by atoms with E-state index < -0.39 is 11.4 Å². The molecule has 0 spiro atoms. The van der Waals surface area contributed by atoms with E-state index in [1.165, 1.54) is 11.1 Å². The van der Waals surface area contributed by atoms with Crippen molar-refractivity contribution in [2.24, 2.45) is 0 Å². The lowest BCUT2D eigenvalue weighted by Crippen LogP contribution is -2.42. The number of pyridine rings is 2. The van der Waals surface area contributed by atoms with Crippen LogP contribution >= 0.6 is 0 Å². The summed E-state index contributed by atoms with van der Waals surface area (Å²) in [5.41, 5.74) is 9.15. The van der Waals surface area contributed by atoms with E-state index in [0.29, 0.717) is 6.42 Å². The van der Waals surface area contributed by atoms with Gasteiger partial charge in [-0.1, -0.05) is 24.3 Å². The van der Waals surface area contributed by atoms with E-state index in [-0.39, 0.29) is 10.8 Å². The van der Waals surface area contributed by atoms with Crippen molar-refractivity contribution in [3.05, 3.63) is 112 Å². The van der Waals surface area contributed by atoms with Gasteiger partial charge in [-0.3, -0.25) is 4.98 Å². The standard InChI is InChI=1S/C32H40N4OS/c1-22-15-16-33-28(17-22)14-13-26-9-8-10-27(20-26)30(35-38(37)32(5,6)7)21-29-18-23(2)19-31(34-29)36-24(3)11-12-25(36)4/h8-12,15-20,30,35H,13-14,21H2,1-7H3/t30-,38?/m1/s1. The molecule has 4 rings (SSSR count). The number of hydrogen-bond donors (Lipinski definition) is 1. The maximum Gasteiger partial charge on any atom is 0.137 e. The van der Waals surface area contributed by atoms with E-state index in [0.717, 1.165) is 52.6 Å². The van der Waals surface area contributed by atoms with Gasteiger partial charge in [0.1, 0.15) is 10.6 Å². The summed E-state index contributed by atoms with van der Waals surface area (Å²) in [6.45, 7) is 14.4. The maximum atomic E-state index is 13.2. The summed E-state index contributed by atoms with van der Waals surface area (Å²) in [6.07, 6.45) is 4.30. The van der Waals surface area contributed by atoms with E-state index in [1.54, 1.807) is 0 Å². The summed E-state index contributed by atoms with van der Waals surface area (Å²) in [4.78, 5) is 9.58. The zero-order valence-electron chi connectivity index (χ0n) is 23.7. The fraction of sp³-hybridized carbons (Fsp3) is 0.375. The summed E-state index contributed by atoms with van der Waals surface area (Å²) in [5, 5.41) is 0. The second kappa shape index (κ2) is 11.9. The highest BCUT2D eigenvalue weighted by atomic mass is 32.2. The van der Waals surface area contributed by atoms with E-state index in [9.17, 15) is 4.55 Å². The summed E-state index contributed by atoms with van der Waals surface area (Å²) in [6, 6.07) is 21.2. The summed E-state index contributed by atoms with van der Waals surface area (Å²) in [7, 11) is 0. The lowest BCUT2D eigenvalue weighted by Gasteiger charge is -2.28. The topological polar surface area (TPSA) is 65.8 Å². The molecule has 0 aliphatic carbocycles. The monoisotopic (exact) mass is 528 g/mol. The molecule has 4 aromatic rings. The van der Waals surface area contributed by atoms with Gasteiger partial charge >= 0.3 is 0 Å². The normalized spacial score (nSPS) is 13.5. The Morgan fingerprint density at radius 1 is 0.868 bits per heavy atom. The van der Waals surface area contributed by atoms with E-state index in [2.05, 4.69) is 96.6 Å². The van der Waals surface area contributed by atoms with Crippen LogP contribution in [0.4, 0.5) is 0 Å². The Morgan fingerprint density at radius 3 is 2.26 bits per heavy atom. The predicted octanol–water partition coefficient (Wildman–Crippen LogP) is 6.62. The molecular weight excluding hydrogens is 488 g/mol. The van der Waals surface area contributed by atoms with Crippen LogP contribution in [0.2, 0.25) is 0 Å². The third kappa shape index (κ3) is 7.13. The molecule has 0 bridgehead atoms. The van der Waals surface area contributed by atoms with Gasteiger partial charge in [0, 0.05) is 46.8 Å². The Labute approximate surface area is 231 Å². The predicted molar refractivity (Wildman–Crippen MR) is 158 cm³/mol. The van der Waals surface area contributed by atoms with Gasteiger partial charge in [-0.05, 0) is 120 Å². The van der Waals surface area contributed by atoms with Gasteiger partial charge in [-0.15, -0.1) is 4.72 Å². The first kappa shape index (κ1) is 28.1. The zero-order chi connectivity index (χ0) is 27.4. The Bertz CT molecular complexity index is 1370. The molecule has 3 aromatic heterocycles. The highest BCUT2D eigenvalue weighted by Crippen LogP contribution is 2.26. The Morgan fingerprint density at radius 2 is 1.58 bits per heavy atom. The third-order valence-corrected chi connectivity index (χ3v) is 8.33. The van der Waals surface area contributed by atoms with Crippen LogP contribution < -0.4 is 4.72 Å². The molecule has 0 amide bonds. The highest BCUT2D eigenvalue weighted by Gasteiger charge is 2.30. The molecule has 38 heavy (non-hydrogen) atoms. The number of rotatable bonds is 9. The van der Waals surface area contributed by atoms with Gasteiger partial charge < -0.3 is 9.12 Å². The number of benzene rings is 1. The fourth-order valence-electron chi connectivity index (χ4n) is 4.68. The van der Waals surface area contributed by atoms with E-state index in [4.69, 9.17) is 4.98 Å². The third-order valence-electron chi connectivity index (χ3n) is 6.72. The molecule has 0 saturated carbocycles. The van der Waals surface area contributed by atoms with Gasteiger partial charge in [0.15, 0.2) is 0 Å².